The molecular formula is C19H28ClNO. The average molecular weight is 322 g/mol. The molecule has 0 amide bonds. The number of nitrogens with zero attached hydrogens (tertiary/aromatic N) is 1. The van der Waals surface area contributed by atoms with Crippen LogP contribution in [0.1, 0.15) is 45.2 Å². The molecule has 0 radical (unpaired) electrons. The highest BCUT2D eigenvalue weighted by molar-refractivity contribution is 5.85. The molecule has 3 unspecified atom stereocenters. The molecule has 2 aliphatic rings. The molecule has 2 bridgehead atoms. The van der Waals surface area contributed by atoms with Gasteiger partial charge in [-0.3, -0.25) is 4.90 Å². The second-order valence-corrected chi connectivity index (χ2v) is 7.35. The Bertz CT molecular complexity index is 579. The lowest BCUT2D eigenvalue weighted by atomic mass is 9.59. The summed E-state index contributed by atoms with van der Waals surface area (Å²) in [7, 11) is 0. The molecule has 1 aromatic carbocycles. The molecule has 3 atom stereocenters. The van der Waals surface area contributed by atoms with E-state index in [2.05, 4.69) is 44.7 Å². The molecular weight excluding hydrogens is 294 g/mol. The van der Waals surface area contributed by atoms with E-state index >= 15 is 0 Å². The number of halogens is 1. The van der Waals surface area contributed by atoms with Crippen LogP contribution in [0.15, 0.2) is 29.8 Å². The third kappa shape index (κ3) is 2.79. The largest absolute Gasteiger partial charge is 0.508 e. The van der Waals surface area contributed by atoms with Crippen molar-refractivity contribution in [2.24, 2.45) is 5.92 Å². The van der Waals surface area contributed by atoms with E-state index in [0.717, 1.165) is 19.5 Å². The normalized spacial score (nSPS) is 30.2. The highest BCUT2D eigenvalue weighted by Crippen LogP contribution is 2.49. The zero-order valence-corrected chi connectivity index (χ0v) is 14.9. The SMILES string of the molecule is CC(C)=CCN1CCC2(C)c3cc(O)ccc3CC1C2C.Cl. The molecule has 1 aliphatic heterocycles. The number of hydrogen-bond acceptors (Lipinski definition) is 2. The van der Waals surface area contributed by atoms with Crippen LogP contribution in [0.2, 0.25) is 0 Å². The summed E-state index contributed by atoms with van der Waals surface area (Å²) in [5.41, 5.74) is 4.42. The van der Waals surface area contributed by atoms with Crippen molar-refractivity contribution >= 4 is 12.4 Å². The molecule has 1 aromatic rings. The molecule has 0 spiro atoms. The quantitative estimate of drug-likeness (QED) is 0.821. The predicted octanol–water partition coefficient (Wildman–Crippen LogP) is 4.30. The number of benzene rings is 1. The first-order valence-corrected chi connectivity index (χ1v) is 8.11. The van der Waals surface area contributed by atoms with Gasteiger partial charge in [0.2, 0.25) is 0 Å². The van der Waals surface area contributed by atoms with E-state index in [1.54, 1.807) is 0 Å². The first-order valence-electron chi connectivity index (χ1n) is 8.11. The molecule has 1 heterocycles. The fourth-order valence-electron chi connectivity index (χ4n) is 4.22. The van der Waals surface area contributed by atoms with E-state index in [9.17, 15) is 5.11 Å². The first kappa shape index (κ1) is 17.4. The van der Waals surface area contributed by atoms with Crippen LogP contribution in [0.5, 0.6) is 5.75 Å². The van der Waals surface area contributed by atoms with Crippen molar-refractivity contribution in [2.75, 3.05) is 13.1 Å². The molecule has 1 N–H and O–H groups in total. The van der Waals surface area contributed by atoms with Crippen molar-refractivity contribution in [3.8, 4) is 5.75 Å². The van der Waals surface area contributed by atoms with Crippen LogP contribution in [0.3, 0.4) is 0 Å². The number of phenols is 1. The second-order valence-electron chi connectivity index (χ2n) is 7.35. The van der Waals surface area contributed by atoms with Gasteiger partial charge in [0.1, 0.15) is 5.75 Å². The highest BCUT2D eigenvalue weighted by atomic mass is 35.5. The smallest absolute Gasteiger partial charge is 0.115 e. The molecule has 3 rings (SSSR count). The summed E-state index contributed by atoms with van der Waals surface area (Å²) in [5.74, 6) is 1.04. The van der Waals surface area contributed by atoms with Crippen LogP contribution in [-0.2, 0) is 11.8 Å². The van der Waals surface area contributed by atoms with Gasteiger partial charge in [-0.1, -0.05) is 31.6 Å². The van der Waals surface area contributed by atoms with Crippen LogP contribution < -0.4 is 0 Å². The lowest BCUT2D eigenvalue weighted by Crippen LogP contribution is -2.57. The van der Waals surface area contributed by atoms with Crippen LogP contribution in [0.4, 0.5) is 0 Å². The minimum atomic E-state index is 0. The number of allylic oxidation sites excluding steroid dienone is 1. The van der Waals surface area contributed by atoms with Crippen molar-refractivity contribution in [1.29, 1.82) is 0 Å². The van der Waals surface area contributed by atoms with Gasteiger partial charge in [0.15, 0.2) is 0 Å². The summed E-state index contributed by atoms with van der Waals surface area (Å²) in [6.07, 6.45) is 4.64. The fraction of sp³-hybridized carbons (Fsp3) is 0.579. The van der Waals surface area contributed by atoms with E-state index in [-0.39, 0.29) is 17.8 Å². The number of likely N-dealkylation sites (tertiary alicyclic amines) is 1. The Morgan fingerprint density at radius 1 is 1.41 bits per heavy atom. The Hall–Kier alpha value is -0.990. The van der Waals surface area contributed by atoms with Crippen LogP contribution in [-0.4, -0.2) is 29.1 Å². The Balaban J connectivity index is 0.00000176. The number of aromatic hydroxyl groups is 1. The number of fused-ring (bicyclic) bond motifs is 4. The maximum absolute atomic E-state index is 9.87. The van der Waals surface area contributed by atoms with Crippen molar-refractivity contribution in [2.45, 2.75) is 52.0 Å². The second kappa shape index (κ2) is 6.25. The average Bonchev–Trinajstić information content (AvgIpc) is 2.43. The van der Waals surface area contributed by atoms with Gasteiger partial charge in [-0.2, -0.15) is 0 Å². The molecule has 1 saturated heterocycles. The third-order valence-corrected chi connectivity index (χ3v) is 5.84. The lowest BCUT2D eigenvalue weighted by Gasteiger charge is -2.54. The van der Waals surface area contributed by atoms with Crippen molar-refractivity contribution in [3.05, 3.63) is 41.0 Å². The van der Waals surface area contributed by atoms with Gasteiger partial charge in [-0.05, 0) is 67.8 Å². The number of rotatable bonds is 2. The van der Waals surface area contributed by atoms with E-state index in [0.29, 0.717) is 17.7 Å². The molecule has 2 nitrogen and oxygen atoms in total. The van der Waals surface area contributed by atoms with Crippen molar-refractivity contribution < 1.29 is 5.11 Å². The van der Waals surface area contributed by atoms with E-state index < -0.39 is 0 Å². The van der Waals surface area contributed by atoms with Crippen LogP contribution in [0.25, 0.3) is 0 Å². The lowest BCUT2D eigenvalue weighted by molar-refractivity contribution is 0.0397. The minimum Gasteiger partial charge on any atom is -0.508 e. The van der Waals surface area contributed by atoms with Gasteiger partial charge in [-0.15, -0.1) is 12.4 Å². The van der Waals surface area contributed by atoms with Gasteiger partial charge in [0.05, 0.1) is 0 Å². The van der Waals surface area contributed by atoms with E-state index in [4.69, 9.17) is 0 Å². The van der Waals surface area contributed by atoms with Gasteiger partial charge in [0, 0.05) is 12.6 Å². The summed E-state index contributed by atoms with van der Waals surface area (Å²) in [5, 5.41) is 9.87. The summed E-state index contributed by atoms with van der Waals surface area (Å²) in [6, 6.07) is 6.60. The maximum Gasteiger partial charge on any atom is 0.115 e. The molecule has 0 aromatic heterocycles. The minimum absolute atomic E-state index is 0. The standard InChI is InChI=1S/C19H27NO.ClH/c1-13(2)7-9-20-10-8-19(4)14(3)18(20)11-15-5-6-16(21)12-17(15)19;/h5-7,12,14,18,21H,8-11H2,1-4H3;1H. The topological polar surface area (TPSA) is 23.5 Å². The molecule has 1 fully saturated rings. The van der Waals surface area contributed by atoms with Crippen molar-refractivity contribution in [3.63, 3.8) is 0 Å². The summed E-state index contributed by atoms with van der Waals surface area (Å²) < 4.78 is 0. The molecule has 3 heteroatoms. The predicted molar refractivity (Wildman–Crippen MR) is 95.0 cm³/mol. The Morgan fingerprint density at radius 2 is 2.14 bits per heavy atom. The zero-order valence-electron chi connectivity index (χ0n) is 14.1. The number of phenolic OH excluding ortho intramolecular Hbond substituents is 1. The highest BCUT2D eigenvalue weighted by Gasteiger charge is 2.48. The monoisotopic (exact) mass is 321 g/mol. The van der Waals surface area contributed by atoms with Crippen molar-refractivity contribution in [1.82, 2.24) is 4.90 Å². The Morgan fingerprint density at radius 3 is 2.82 bits per heavy atom. The molecule has 22 heavy (non-hydrogen) atoms. The Kier molecular flexibility index (Phi) is 4.93. The van der Waals surface area contributed by atoms with E-state index in [1.165, 1.54) is 23.1 Å². The number of hydrogen-bond donors (Lipinski definition) is 1. The maximum atomic E-state index is 9.87. The van der Waals surface area contributed by atoms with Crippen LogP contribution >= 0.6 is 12.4 Å². The molecule has 122 valence electrons. The molecule has 0 saturated carbocycles. The van der Waals surface area contributed by atoms with E-state index in [1.807, 2.05) is 12.1 Å². The Labute approximate surface area is 140 Å². The van der Waals surface area contributed by atoms with Gasteiger partial charge in [0.25, 0.3) is 0 Å². The van der Waals surface area contributed by atoms with Gasteiger partial charge in [-0.25, -0.2) is 0 Å². The number of piperidine rings is 1. The van der Waals surface area contributed by atoms with Gasteiger partial charge >= 0.3 is 0 Å². The zero-order chi connectivity index (χ0) is 15.2. The van der Waals surface area contributed by atoms with Gasteiger partial charge < -0.3 is 5.11 Å². The summed E-state index contributed by atoms with van der Waals surface area (Å²) in [4.78, 5) is 2.65. The van der Waals surface area contributed by atoms with Crippen LogP contribution in [0, 0.1) is 5.92 Å². The third-order valence-electron chi connectivity index (χ3n) is 5.84. The fourth-order valence-corrected chi connectivity index (χ4v) is 4.22. The summed E-state index contributed by atoms with van der Waals surface area (Å²) >= 11 is 0. The summed E-state index contributed by atoms with van der Waals surface area (Å²) in [6.45, 7) is 11.4. The molecule has 1 aliphatic carbocycles. The first-order chi connectivity index (χ1) is 9.91.